The molecule has 0 unspecified atom stereocenters. The molecule has 1 aromatic carbocycles. The molecule has 1 aliphatic rings. The van der Waals surface area contributed by atoms with Crippen LogP contribution < -0.4 is 0 Å². The van der Waals surface area contributed by atoms with Crippen LogP contribution in [-0.2, 0) is 11.2 Å². The Hall–Kier alpha value is -2.24. The molecule has 0 N–H and O–H groups in total. The Kier molecular flexibility index (Phi) is 4.51. The second kappa shape index (κ2) is 6.94. The lowest BCUT2D eigenvalue weighted by molar-refractivity contribution is -0.127. The fourth-order valence-electron chi connectivity index (χ4n) is 3.18. The molecule has 2 aromatic heterocycles. The minimum absolute atomic E-state index is 0.0281. The third kappa shape index (κ3) is 3.30. The first-order chi connectivity index (χ1) is 12.2. The normalized spacial score (nSPS) is 17.0. The van der Waals surface area contributed by atoms with Gasteiger partial charge in [-0.2, -0.15) is 0 Å². The maximum Gasteiger partial charge on any atom is 0.247 e. The molecule has 5 heteroatoms. The number of rotatable bonds is 3. The van der Waals surface area contributed by atoms with Crippen molar-refractivity contribution >= 4 is 34.7 Å². The summed E-state index contributed by atoms with van der Waals surface area (Å²) in [6, 6.07) is 12.5. The molecule has 0 aliphatic carbocycles. The summed E-state index contributed by atoms with van der Waals surface area (Å²) in [5.41, 5.74) is 1.92. The molecule has 3 aromatic rings. The van der Waals surface area contributed by atoms with Gasteiger partial charge in [-0.1, -0.05) is 18.2 Å². The van der Waals surface area contributed by atoms with Crippen LogP contribution in [0.25, 0.3) is 6.08 Å². The maximum atomic E-state index is 13.3. The number of fused-ring (bicyclic) bond motifs is 1. The van der Waals surface area contributed by atoms with Crippen molar-refractivity contribution in [2.75, 3.05) is 6.54 Å². The molecular weight excluding hydrogens is 353 g/mol. The molecule has 25 heavy (non-hydrogen) atoms. The van der Waals surface area contributed by atoms with Gasteiger partial charge in [0.25, 0.3) is 0 Å². The van der Waals surface area contributed by atoms with Crippen LogP contribution in [0.2, 0.25) is 0 Å². The Balaban J connectivity index is 1.63. The summed E-state index contributed by atoms with van der Waals surface area (Å²) in [6.07, 6.45) is 4.11. The Morgan fingerprint density at radius 1 is 1.16 bits per heavy atom. The first kappa shape index (κ1) is 16.2. The van der Waals surface area contributed by atoms with Crippen LogP contribution in [0.15, 0.2) is 59.3 Å². The molecule has 1 amide bonds. The van der Waals surface area contributed by atoms with E-state index in [1.54, 1.807) is 47.0 Å². The van der Waals surface area contributed by atoms with Gasteiger partial charge >= 0.3 is 0 Å². The van der Waals surface area contributed by atoms with E-state index < -0.39 is 0 Å². The lowest BCUT2D eigenvalue weighted by Gasteiger charge is -2.34. The van der Waals surface area contributed by atoms with Crippen molar-refractivity contribution < 1.29 is 9.18 Å². The van der Waals surface area contributed by atoms with Gasteiger partial charge < -0.3 is 4.90 Å². The van der Waals surface area contributed by atoms with E-state index in [1.807, 2.05) is 16.3 Å². The van der Waals surface area contributed by atoms with Crippen LogP contribution in [0.5, 0.6) is 0 Å². The van der Waals surface area contributed by atoms with Crippen LogP contribution in [-0.4, -0.2) is 17.4 Å². The first-order valence-corrected chi connectivity index (χ1v) is 9.82. The van der Waals surface area contributed by atoms with Gasteiger partial charge in [0.05, 0.1) is 6.04 Å². The van der Waals surface area contributed by atoms with Gasteiger partial charge in [0.15, 0.2) is 0 Å². The van der Waals surface area contributed by atoms with E-state index in [9.17, 15) is 9.18 Å². The predicted molar refractivity (Wildman–Crippen MR) is 101 cm³/mol. The summed E-state index contributed by atoms with van der Waals surface area (Å²) in [5.74, 6) is -0.341. The average Bonchev–Trinajstić information content (AvgIpc) is 3.30. The standard InChI is InChI=1S/C20H16FNOS2/c21-15-4-1-3-14(13-15)6-7-19(23)22-10-8-17-16(9-12-25-17)20(22)18-5-2-11-24-18/h1-7,9,11-13,20H,8,10H2/b7-6+/t20-/m0/s1. The van der Waals surface area contributed by atoms with Crippen molar-refractivity contribution in [2.24, 2.45) is 0 Å². The predicted octanol–water partition coefficient (Wildman–Crippen LogP) is 5.14. The minimum atomic E-state index is -0.299. The molecule has 3 heterocycles. The molecule has 126 valence electrons. The first-order valence-electron chi connectivity index (χ1n) is 8.06. The lowest BCUT2D eigenvalue weighted by Crippen LogP contribution is -2.38. The van der Waals surface area contributed by atoms with E-state index in [-0.39, 0.29) is 17.8 Å². The van der Waals surface area contributed by atoms with Crippen molar-refractivity contribution in [3.63, 3.8) is 0 Å². The van der Waals surface area contributed by atoms with Gasteiger partial charge in [-0.3, -0.25) is 4.79 Å². The highest BCUT2D eigenvalue weighted by molar-refractivity contribution is 7.10. The number of halogens is 1. The molecule has 0 bridgehead atoms. The van der Waals surface area contributed by atoms with Crippen LogP contribution in [0.3, 0.4) is 0 Å². The number of hydrogen-bond donors (Lipinski definition) is 0. The van der Waals surface area contributed by atoms with E-state index in [1.165, 1.54) is 27.5 Å². The highest BCUT2D eigenvalue weighted by atomic mass is 32.1. The Labute approximate surface area is 153 Å². The number of carbonyl (C=O) groups excluding carboxylic acids is 1. The maximum absolute atomic E-state index is 13.3. The number of hydrogen-bond acceptors (Lipinski definition) is 3. The molecule has 4 rings (SSSR count). The van der Waals surface area contributed by atoms with E-state index in [2.05, 4.69) is 17.5 Å². The summed E-state index contributed by atoms with van der Waals surface area (Å²) in [7, 11) is 0. The quantitative estimate of drug-likeness (QED) is 0.586. The topological polar surface area (TPSA) is 20.3 Å². The van der Waals surface area contributed by atoms with Gasteiger partial charge in [0.2, 0.25) is 5.91 Å². The second-order valence-electron chi connectivity index (χ2n) is 5.89. The number of carbonyl (C=O) groups is 1. The van der Waals surface area contributed by atoms with Crippen molar-refractivity contribution in [3.8, 4) is 0 Å². The van der Waals surface area contributed by atoms with Crippen molar-refractivity contribution in [2.45, 2.75) is 12.5 Å². The van der Waals surface area contributed by atoms with Crippen molar-refractivity contribution in [1.82, 2.24) is 4.90 Å². The Morgan fingerprint density at radius 2 is 2.08 bits per heavy atom. The highest BCUT2D eigenvalue weighted by Gasteiger charge is 2.32. The Bertz CT molecular complexity index is 913. The third-order valence-electron chi connectivity index (χ3n) is 4.33. The minimum Gasteiger partial charge on any atom is -0.327 e. The molecule has 2 nitrogen and oxygen atoms in total. The zero-order valence-electron chi connectivity index (χ0n) is 13.4. The molecule has 0 saturated heterocycles. The van der Waals surface area contributed by atoms with E-state index in [4.69, 9.17) is 0 Å². The summed E-state index contributed by atoms with van der Waals surface area (Å²) in [5, 5.41) is 4.14. The zero-order chi connectivity index (χ0) is 17.2. The molecule has 0 fully saturated rings. The van der Waals surface area contributed by atoms with Crippen molar-refractivity contribution in [3.05, 3.63) is 86.0 Å². The fourth-order valence-corrected chi connectivity index (χ4v) is 4.94. The van der Waals surface area contributed by atoms with E-state index >= 15 is 0 Å². The van der Waals surface area contributed by atoms with E-state index in [0.29, 0.717) is 12.1 Å². The van der Waals surface area contributed by atoms with Crippen LogP contribution in [0.4, 0.5) is 4.39 Å². The summed E-state index contributed by atoms with van der Waals surface area (Å²) >= 11 is 3.43. The second-order valence-corrected chi connectivity index (χ2v) is 7.87. The van der Waals surface area contributed by atoms with Gasteiger partial charge in [0.1, 0.15) is 5.82 Å². The molecule has 0 spiro atoms. The summed E-state index contributed by atoms with van der Waals surface area (Å²) in [4.78, 5) is 17.3. The fraction of sp³-hybridized carbons (Fsp3) is 0.150. The van der Waals surface area contributed by atoms with Gasteiger partial charge in [-0.25, -0.2) is 4.39 Å². The van der Waals surface area contributed by atoms with Crippen LogP contribution in [0, 0.1) is 5.82 Å². The number of amides is 1. The summed E-state index contributed by atoms with van der Waals surface area (Å²) < 4.78 is 13.3. The SMILES string of the molecule is O=C(/C=C/c1cccc(F)c1)N1CCc2sccc2[C@H]1c1cccs1. The zero-order valence-corrected chi connectivity index (χ0v) is 15.0. The molecule has 0 radical (unpaired) electrons. The number of thiophene rings is 2. The molecule has 0 saturated carbocycles. The highest BCUT2D eigenvalue weighted by Crippen LogP contribution is 2.39. The molecule has 1 aliphatic heterocycles. The monoisotopic (exact) mass is 369 g/mol. The lowest BCUT2D eigenvalue weighted by atomic mass is 9.98. The largest absolute Gasteiger partial charge is 0.327 e. The van der Waals surface area contributed by atoms with Gasteiger partial charge in [0, 0.05) is 22.4 Å². The van der Waals surface area contributed by atoms with Gasteiger partial charge in [-0.05, 0) is 58.6 Å². The average molecular weight is 369 g/mol. The van der Waals surface area contributed by atoms with Crippen LogP contribution in [0.1, 0.15) is 26.9 Å². The smallest absolute Gasteiger partial charge is 0.247 e. The third-order valence-corrected chi connectivity index (χ3v) is 6.25. The van der Waals surface area contributed by atoms with Gasteiger partial charge in [-0.15, -0.1) is 22.7 Å². The summed E-state index contributed by atoms with van der Waals surface area (Å²) in [6.45, 7) is 0.697. The van der Waals surface area contributed by atoms with Crippen molar-refractivity contribution in [1.29, 1.82) is 0 Å². The number of nitrogens with zero attached hydrogens (tertiary/aromatic N) is 1. The molecular formula is C20H16FNOS2. The number of benzene rings is 1. The Morgan fingerprint density at radius 3 is 2.88 bits per heavy atom. The van der Waals surface area contributed by atoms with Crippen LogP contribution >= 0.6 is 22.7 Å². The van der Waals surface area contributed by atoms with E-state index in [0.717, 1.165) is 6.42 Å². The molecule has 1 atom stereocenters.